The van der Waals surface area contributed by atoms with Crippen molar-refractivity contribution in [2.75, 3.05) is 26.2 Å². The number of rotatable bonds is 5. The van der Waals surface area contributed by atoms with Gasteiger partial charge in [-0.1, -0.05) is 0 Å². The number of halogens is 1. The summed E-state index contributed by atoms with van der Waals surface area (Å²) in [6.07, 6.45) is -0.989. The summed E-state index contributed by atoms with van der Waals surface area (Å²) in [6, 6.07) is 5.85. The first-order valence-electron chi connectivity index (χ1n) is 8.00. The van der Waals surface area contributed by atoms with Crippen molar-refractivity contribution in [3.8, 4) is 5.75 Å². The molecule has 1 heterocycles. The topological polar surface area (TPSA) is 53.0 Å². The van der Waals surface area contributed by atoms with Gasteiger partial charge in [0.2, 0.25) is 0 Å². The van der Waals surface area contributed by atoms with Crippen molar-refractivity contribution in [2.24, 2.45) is 0 Å². The van der Waals surface area contributed by atoms with E-state index in [-0.39, 0.29) is 23.9 Å². The van der Waals surface area contributed by atoms with E-state index in [0.29, 0.717) is 25.4 Å². The molecule has 6 heteroatoms. The van der Waals surface area contributed by atoms with Crippen LogP contribution in [0.3, 0.4) is 0 Å². The van der Waals surface area contributed by atoms with Crippen LogP contribution in [0.15, 0.2) is 24.3 Å². The van der Waals surface area contributed by atoms with Crippen LogP contribution in [0.25, 0.3) is 0 Å². The average molecular weight is 324 g/mol. The molecule has 0 bridgehead atoms. The Labute approximate surface area is 136 Å². The van der Waals surface area contributed by atoms with E-state index < -0.39 is 6.10 Å². The summed E-state index contributed by atoms with van der Waals surface area (Å²) >= 11 is 0. The smallest absolute Gasteiger partial charge is 0.263 e. The molecular formula is C17H25FN2O3. The number of β-amino-alcohol motifs (C(OH)–C–C–N with tert-alkyl or cyclic N) is 1. The van der Waals surface area contributed by atoms with Gasteiger partial charge >= 0.3 is 0 Å². The molecule has 1 fully saturated rings. The first-order valence-corrected chi connectivity index (χ1v) is 8.00. The second-order valence-electron chi connectivity index (χ2n) is 6.19. The third kappa shape index (κ3) is 4.91. The molecule has 0 spiro atoms. The van der Waals surface area contributed by atoms with Gasteiger partial charge in [-0.25, -0.2) is 4.39 Å². The molecule has 5 nitrogen and oxygen atoms in total. The monoisotopic (exact) mass is 324 g/mol. The number of hydrogen-bond donors (Lipinski definition) is 1. The van der Waals surface area contributed by atoms with Crippen LogP contribution in [0.2, 0.25) is 0 Å². The number of carbonyl (C=O) groups is 1. The summed E-state index contributed by atoms with van der Waals surface area (Å²) in [4.78, 5) is 16.5. The van der Waals surface area contributed by atoms with E-state index in [1.165, 1.54) is 24.3 Å². The zero-order valence-corrected chi connectivity index (χ0v) is 13.9. The molecule has 1 amide bonds. The molecule has 3 unspecified atom stereocenters. The van der Waals surface area contributed by atoms with Crippen molar-refractivity contribution in [2.45, 2.75) is 39.0 Å². The molecule has 0 saturated carbocycles. The third-order valence-electron chi connectivity index (χ3n) is 4.05. The molecule has 1 N–H and O–H groups in total. The molecule has 0 radical (unpaired) electrons. The molecule has 2 rings (SSSR count). The van der Waals surface area contributed by atoms with Crippen LogP contribution in [0, 0.1) is 5.82 Å². The van der Waals surface area contributed by atoms with Gasteiger partial charge in [-0.2, -0.15) is 0 Å². The molecule has 128 valence electrons. The highest BCUT2D eigenvalue weighted by molar-refractivity contribution is 5.81. The largest absolute Gasteiger partial charge is 0.481 e. The van der Waals surface area contributed by atoms with Crippen molar-refractivity contribution in [1.82, 2.24) is 9.80 Å². The average Bonchev–Trinajstić information content (AvgIpc) is 2.50. The fourth-order valence-corrected chi connectivity index (χ4v) is 2.83. The number of aliphatic hydroxyl groups excluding tert-OH is 1. The van der Waals surface area contributed by atoms with Gasteiger partial charge in [0.1, 0.15) is 11.6 Å². The lowest BCUT2D eigenvalue weighted by atomic mass is 10.1. The fraction of sp³-hybridized carbons (Fsp3) is 0.588. The zero-order chi connectivity index (χ0) is 17.0. The van der Waals surface area contributed by atoms with Crippen LogP contribution in [0.5, 0.6) is 5.75 Å². The number of benzene rings is 1. The van der Waals surface area contributed by atoms with E-state index in [1.807, 2.05) is 6.92 Å². The minimum atomic E-state index is -0.615. The predicted octanol–water partition coefficient (Wildman–Crippen LogP) is 1.51. The van der Waals surface area contributed by atoms with Gasteiger partial charge in [-0.3, -0.25) is 9.69 Å². The van der Waals surface area contributed by atoms with E-state index in [1.54, 1.807) is 18.7 Å². The summed E-state index contributed by atoms with van der Waals surface area (Å²) in [5.41, 5.74) is 0. The second kappa shape index (κ2) is 7.75. The van der Waals surface area contributed by atoms with E-state index in [9.17, 15) is 14.3 Å². The molecule has 1 aliphatic rings. The highest BCUT2D eigenvalue weighted by Gasteiger charge is 2.30. The standard InChI is InChI=1S/C17H25FN2O3/c1-12-10-20(9-8-19(12)11-13(2)21)17(22)14(3)23-16-6-4-15(18)5-7-16/h4-7,12-14,21H,8-11H2,1-3H3. The fourth-order valence-electron chi connectivity index (χ4n) is 2.83. The maximum Gasteiger partial charge on any atom is 0.263 e. The summed E-state index contributed by atoms with van der Waals surface area (Å²) < 4.78 is 18.5. The minimum Gasteiger partial charge on any atom is -0.481 e. The molecule has 1 saturated heterocycles. The lowest BCUT2D eigenvalue weighted by Gasteiger charge is -2.41. The maximum atomic E-state index is 12.9. The Hall–Kier alpha value is -1.66. The number of piperazine rings is 1. The normalized spacial score (nSPS) is 21.8. The summed E-state index contributed by atoms with van der Waals surface area (Å²) in [5.74, 6) is 0.0744. The summed E-state index contributed by atoms with van der Waals surface area (Å²) in [7, 11) is 0. The molecule has 1 aromatic rings. The third-order valence-corrected chi connectivity index (χ3v) is 4.05. The number of aliphatic hydroxyl groups is 1. The van der Waals surface area contributed by atoms with Crippen LogP contribution >= 0.6 is 0 Å². The molecule has 1 aromatic carbocycles. The van der Waals surface area contributed by atoms with E-state index in [2.05, 4.69) is 4.90 Å². The van der Waals surface area contributed by atoms with Gasteiger partial charge in [0, 0.05) is 32.2 Å². The van der Waals surface area contributed by atoms with Crippen LogP contribution in [0.4, 0.5) is 4.39 Å². The van der Waals surface area contributed by atoms with Gasteiger partial charge in [0.05, 0.1) is 6.10 Å². The Kier molecular flexibility index (Phi) is 5.96. The van der Waals surface area contributed by atoms with E-state index in [4.69, 9.17) is 4.74 Å². The van der Waals surface area contributed by atoms with Crippen molar-refractivity contribution >= 4 is 5.91 Å². The lowest BCUT2D eigenvalue weighted by Crippen LogP contribution is -2.56. The quantitative estimate of drug-likeness (QED) is 0.892. The van der Waals surface area contributed by atoms with Crippen LogP contribution in [0.1, 0.15) is 20.8 Å². The molecule has 0 aromatic heterocycles. The van der Waals surface area contributed by atoms with Crippen LogP contribution in [-0.2, 0) is 4.79 Å². The highest BCUT2D eigenvalue weighted by Crippen LogP contribution is 2.16. The summed E-state index contributed by atoms with van der Waals surface area (Å²) in [6.45, 7) is 8.11. The Morgan fingerprint density at radius 1 is 1.35 bits per heavy atom. The molecule has 0 aliphatic carbocycles. The lowest BCUT2D eigenvalue weighted by molar-refractivity contribution is -0.141. The Balaban J connectivity index is 1.89. The predicted molar refractivity (Wildman–Crippen MR) is 85.8 cm³/mol. The first kappa shape index (κ1) is 17.7. The van der Waals surface area contributed by atoms with Gasteiger partial charge < -0.3 is 14.7 Å². The Morgan fingerprint density at radius 2 is 2.00 bits per heavy atom. The Bertz CT molecular complexity index is 521. The van der Waals surface area contributed by atoms with Gasteiger partial charge in [-0.15, -0.1) is 0 Å². The molecule has 23 heavy (non-hydrogen) atoms. The SMILES string of the molecule is CC(O)CN1CCN(C(=O)C(C)Oc2ccc(F)cc2)CC1C. The van der Waals surface area contributed by atoms with Crippen molar-refractivity contribution in [3.05, 3.63) is 30.1 Å². The number of amides is 1. The highest BCUT2D eigenvalue weighted by atomic mass is 19.1. The molecular weight excluding hydrogens is 299 g/mol. The minimum absolute atomic E-state index is 0.0714. The maximum absolute atomic E-state index is 12.9. The molecule has 1 aliphatic heterocycles. The summed E-state index contributed by atoms with van der Waals surface area (Å²) in [5, 5.41) is 9.50. The van der Waals surface area contributed by atoms with E-state index >= 15 is 0 Å². The van der Waals surface area contributed by atoms with Crippen LogP contribution in [-0.4, -0.2) is 65.2 Å². The molecule has 3 atom stereocenters. The second-order valence-corrected chi connectivity index (χ2v) is 6.19. The van der Waals surface area contributed by atoms with Crippen molar-refractivity contribution in [1.29, 1.82) is 0 Å². The first-order chi connectivity index (χ1) is 10.9. The Morgan fingerprint density at radius 3 is 2.57 bits per heavy atom. The number of nitrogens with zero attached hydrogens (tertiary/aromatic N) is 2. The van der Waals surface area contributed by atoms with Crippen molar-refractivity contribution in [3.63, 3.8) is 0 Å². The van der Waals surface area contributed by atoms with Gasteiger partial charge in [-0.05, 0) is 45.0 Å². The van der Waals surface area contributed by atoms with E-state index in [0.717, 1.165) is 6.54 Å². The zero-order valence-electron chi connectivity index (χ0n) is 13.9. The number of hydrogen-bond acceptors (Lipinski definition) is 4. The van der Waals surface area contributed by atoms with Crippen LogP contribution < -0.4 is 4.74 Å². The van der Waals surface area contributed by atoms with Gasteiger partial charge in [0.15, 0.2) is 6.10 Å². The number of carbonyl (C=O) groups excluding carboxylic acids is 1. The van der Waals surface area contributed by atoms with Gasteiger partial charge in [0.25, 0.3) is 5.91 Å². The number of ether oxygens (including phenoxy) is 1. The van der Waals surface area contributed by atoms with Crippen molar-refractivity contribution < 1.29 is 19.0 Å².